The Morgan fingerprint density at radius 1 is 1.31 bits per heavy atom. The van der Waals surface area contributed by atoms with Gasteiger partial charge in [-0.2, -0.15) is 10.3 Å². The molecule has 88 valence electrons. The molecule has 0 aliphatic heterocycles. The third kappa shape index (κ3) is 2.89. The molecular formula is C8H12N4O4. The standard InChI is InChI=1S/2C4H6N2O2/c5-2-3-1-4(7)6-8-3;1-2-3(5)8-6-4(2)7/h1H,2,5H2,(H,6,7);5H2,1H3,(H,6,7). The number of nitrogen functional groups attached to an aromatic ring is 1. The molecule has 0 aliphatic carbocycles. The van der Waals surface area contributed by atoms with Crippen LogP contribution in [0.5, 0.6) is 0 Å². The smallest absolute Gasteiger partial charge is 0.285 e. The highest BCUT2D eigenvalue weighted by molar-refractivity contribution is 5.31. The third-order valence-corrected chi connectivity index (χ3v) is 1.74. The van der Waals surface area contributed by atoms with Crippen LogP contribution in [0.3, 0.4) is 0 Å². The summed E-state index contributed by atoms with van der Waals surface area (Å²) in [5.41, 5.74) is 10.2. The van der Waals surface area contributed by atoms with Crippen LogP contribution in [-0.2, 0) is 6.54 Å². The SMILES string of the molecule is Cc1c(N)o[nH]c1=O.NCc1cc(=O)[nH]o1. The Bertz CT molecular complexity index is 547. The molecule has 0 radical (unpaired) electrons. The Kier molecular flexibility index (Phi) is 3.72. The minimum Gasteiger partial charge on any atom is -0.382 e. The molecule has 0 spiro atoms. The van der Waals surface area contributed by atoms with Gasteiger partial charge in [-0.05, 0) is 6.92 Å². The quantitative estimate of drug-likeness (QED) is 0.507. The molecule has 0 aliphatic rings. The zero-order chi connectivity index (χ0) is 12.1. The summed E-state index contributed by atoms with van der Waals surface area (Å²) >= 11 is 0. The van der Waals surface area contributed by atoms with Crippen molar-refractivity contribution >= 4 is 5.88 Å². The maximum absolute atomic E-state index is 10.4. The number of nitrogens with one attached hydrogen (secondary N) is 2. The fourth-order valence-corrected chi connectivity index (χ4v) is 0.788. The van der Waals surface area contributed by atoms with Crippen molar-refractivity contribution in [1.82, 2.24) is 10.3 Å². The summed E-state index contributed by atoms with van der Waals surface area (Å²) in [6, 6.07) is 1.32. The number of rotatable bonds is 1. The van der Waals surface area contributed by atoms with Gasteiger partial charge in [0.1, 0.15) is 0 Å². The van der Waals surface area contributed by atoms with Crippen molar-refractivity contribution in [2.24, 2.45) is 5.73 Å². The van der Waals surface area contributed by atoms with Crippen LogP contribution >= 0.6 is 0 Å². The molecule has 8 heteroatoms. The maximum atomic E-state index is 10.4. The Morgan fingerprint density at radius 3 is 2.19 bits per heavy atom. The molecule has 0 fully saturated rings. The maximum Gasteiger partial charge on any atom is 0.285 e. The van der Waals surface area contributed by atoms with Crippen LogP contribution in [0.1, 0.15) is 11.3 Å². The first-order valence-electron chi connectivity index (χ1n) is 4.35. The van der Waals surface area contributed by atoms with Crippen LogP contribution < -0.4 is 22.6 Å². The summed E-state index contributed by atoms with van der Waals surface area (Å²) in [5, 5.41) is 4.19. The zero-order valence-electron chi connectivity index (χ0n) is 8.57. The van der Waals surface area contributed by atoms with Crippen LogP contribution in [0, 0.1) is 6.92 Å². The molecule has 2 heterocycles. The van der Waals surface area contributed by atoms with Gasteiger partial charge in [0.2, 0.25) is 5.88 Å². The van der Waals surface area contributed by atoms with E-state index in [1.165, 1.54) is 6.07 Å². The van der Waals surface area contributed by atoms with Gasteiger partial charge in [-0.25, -0.2) is 0 Å². The van der Waals surface area contributed by atoms with E-state index in [0.29, 0.717) is 11.3 Å². The Labute approximate surface area is 89.2 Å². The first-order chi connectivity index (χ1) is 7.54. The van der Waals surface area contributed by atoms with Gasteiger partial charge in [0, 0.05) is 6.07 Å². The number of hydrogen-bond donors (Lipinski definition) is 4. The molecule has 0 amide bonds. The molecule has 8 nitrogen and oxygen atoms in total. The highest BCUT2D eigenvalue weighted by Gasteiger charge is 1.99. The normalized spacial score (nSPS) is 9.62. The first kappa shape index (κ1) is 11.9. The monoisotopic (exact) mass is 228 g/mol. The molecule has 0 bridgehead atoms. The van der Waals surface area contributed by atoms with E-state index < -0.39 is 0 Å². The summed E-state index contributed by atoms with van der Waals surface area (Å²) < 4.78 is 8.99. The highest BCUT2D eigenvalue weighted by atomic mass is 16.5. The van der Waals surface area contributed by atoms with E-state index in [4.69, 9.17) is 11.5 Å². The predicted molar refractivity (Wildman–Crippen MR) is 55.7 cm³/mol. The molecule has 0 saturated carbocycles. The molecule has 6 N–H and O–H groups in total. The van der Waals surface area contributed by atoms with Gasteiger partial charge in [0.05, 0.1) is 12.1 Å². The number of H-pyrrole nitrogens is 2. The fourth-order valence-electron chi connectivity index (χ4n) is 0.788. The van der Waals surface area contributed by atoms with E-state index in [-0.39, 0.29) is 23.5 Å². The topological polar surface area (TPSA) is 144 Å². The van der Waals surface area contributed by atoms with Crippen LogP contribution in [0.25, 0.3) is 0 Å². The van der Waals surface area contributed by atoms with E-state index in [2.05, 4.69) is 19.4 Å². The number of aromatic amines is 2. The third-order valence-electron chi connectivity index (χ3n) is 1.74. The van der Waals surface area contributed by atoms with Gasteiger partial charge in [0.15, 0.2) is 5.76 Å². The van der Waals surface area contributed by atoms with E-state index >= 15 is 0 Å². The van der Waals surface area contributed by atoms with E-state index in [1.807, 2.05) is 0 Å². The second-order valence-corrected chi connectivity index (χ2v) is 2.91. The Morgan fingerprint density at radius 2 is 2.00 bits per heavy atom. The summed E-state index contributed by atoms with van der Waals surface area (Å²) in [5.74, 6) is 0.644. The van der Waals surface area contributed by atoms with Gasteiger partial charge < -0.3 is 20.5 Å². The van der Waals surface area contributed by atoms with Gasteiger partial charge in [-0.1, -0.05) is 0 Å². The minimum atomic E-state index is -0.262. The van der Waals surface area contributed by atoms with Crippen LogP contribution in [-0.4, -0.2) is 10.3 Å². The van der Waals surface area contributed by atoms with Crippen molar-refractivity contribution in [3.8, 4) is 0 Å². The number of nitrogens with two attached hydrogens (primary N) is 2. The second kappa shape index (κ2) is 5.03. The molecule has 2 aromatic heterocycles. The van der Waals surface area contributed by atoms with Crippen LogP contribution in [0.4, 0.5) is 5.88 Å². The molecule has 0 unspecified atom stereocenters. The number of aromatic nitrogens is 2. The molecule has 0 aromatic carbocycles. The summed E-state index contributed by atoms with van der Waals surface area (Å²) in [7, 11) is 0. The summed E-state index contributed by atoms with van der Waals surface area (Å²) in [6.45, 7) is 1.86. The lowest BCUT2D eigenvalue weighted by atomic mass is 10.4. The van der Waals surface area contributed by atoms with Gasteiger partial charge in [-0.15, -0.1) is 0 Å². The van der Waals surface area contributed by atoms with Crippen molar-refractivity contribution in [3.63, 3.8) is 0 Å². The predicted octanol–water partition coefficient (Wildman–Crippen LogP) is -0.715. The lowest BCUT2D eigenvalue weighted by Gasteiger charge is -1.77. The average molecular weight is 228 g/mol. The Hall–Kier alpha value is -2.22. The fraction of sp³-hybridized carbons (Fsp3) is 0.250. The summed E-state index contributed by atoms with van der Waals surface area (Å²) in [4.78, 5) is 20.7. The molecular weight excluding hydrogens is 216 g/mol. The van der Waals surface area contributed by atoms with Gasteiger partial charge in [0.25, 0.3) is 11.1 Å². The van der Waals surface area contributed by atoms with Crippen molar-refractivity contribution < 1.29 is 9.05 Å². The van der Waals surface area contributed by atoms with Gasteiger partial charge in [-0.3, -0.25) is 9.59 Å². The second-order valence-electron chi connectivity index (χ2n) is 2.91. The average Bonchev–Trinajstić information content (AvgIpc) is 2.81. The van der Waals surface area contributed by atoms with E-state index in [1.54, 1.807) is 6.92 Å². The minimum absolute atomic E-state index is 0.162. The number of hydrogen-bond acceptors (Lipinski definition) is 6. The van der Waals surface area contributed by atoms with Crippen molar-refractivity contribution in [1.29, 1.82) is 0 Å². The van der Waals surface area contributed by atoms with Crippen molar-refractivity contribution in [3.05, 3.63) is 38.1 Å². The van der Waals surface area contributed by atoms with Gasteiger partial charge >= 0.3 is 0 Å². The zero-order valence-corrected chi connectivity index (χ0v) is 8.57. The first-order valence-corrected chi connectivity index (χ1v) is 4.35. The number of anilines is 1. The molecule has 0 atom stereocenters. The molecule has 16 heavy (non-hydrogen) atoms. The lowest BCUT2D eigenvalue weighted by Crippen LogP contribution is -2.00. The Balaban J connectivity index is 0.000000160. The molecule has 2 rings (SSSR count). The van der Waals surface area contributed by atoms with Crippen LogP contribution in [0.15, 0.2) is 24.7 Å². The highest BCUT2D eigenvalue weighted by Crippen LogP contribution is 1.99. The molecule has 0 saturated heterocycles. The van der Waals surface area contributed by atoms with E-state index in [0.717, 1.165) is 0 Å². The molecule has 2 aromatic rings. The van der Waals surface area contributed by atoms with Crippen LogP contribution in [0.2, 0.25) is 0 Å². The lowest BCUT2D eigenvalue weighted by molar-refractivity contribution is 0.380. The van der Waals surface area contributed by atoms with Crippen molar-refractivity contribution in [2.45, 2.75) is 13.5 Å². The largest absolute Gasteiger partial charge is 0.382 e. The summed E-state index contributed by atoms with van der Waals surface area (Å²) in [6.07, 6.45) is 0. The van der Waals surface area contributed by atoms with Crippen molar-refractivity contribution in [2.75, 3.05) is 5.73 Å². The van der Waals surface area contributed by atoms with E-state index in [9.17, 15) is 9.59 Å².